The van der Waals surface area contributed by atoms with Crippen LogP contribution in [-0.4, -0.2) is 52.4 Å². The third-order valence-corrected chi connectivity index (χ3v) is 4.37. The zero-order valence-electron chi connectivity index (χ0n) is 14.8. The Kier molecular flexibility index (Phi) is 5.76. The molecule has 8 heteroatoms. The minimum atomic E-state index is 0.541. The zero-order chi connectivity index (χ0) is 18.7. The molecule has 3 rings (SSSR count). The van der Waals surface area contributed by atoms with E-state index >= 15 is 0 Å². The number of hydrogen-bond donors (Lipinski definition) is 0. The number of methoxy groups -OCH3 is 1. The van der Waals surface area contributed by atoms with Gasteiger partial charge in [-0.05, 0) is 38.4 Å². The predicted molar refractivity (Wildman–Crippen MR) is 104 cm³/mol. The summed E-state index contributed by atoms with van der Waals surface area (Å²) >= 11 is 12.5. The van der Waals surface area contributed by atoms with Crippen LogP contribution in [-0.2, 0) is 6.54 Å². The van der Waals surface area contributed by atoms with Crippen LogP contribution in [0.4, 0.5) is 0 Å². The van der Waals surface area contributed by atoms with Gasteiger partial charge in [0.05, 0.1) is 18.7 Å². The van der Waals surface area contributed by atoms with E-state index < -0.39 is 0 Å². The summed E-state index contributed by atoms with van der Waals surface area (Å²) in [5.74, 6) is 1.79. The van der Waals surface area contributed by atoms with Crippen molar-refractivity contribution in [1.82, 2.24) is 24.6 Å². The van der Waals surface area contributed by atoms with E-state index in [0.29, 0.717) is 34.1 Å². The number of ether oxygens (including phenoxy) is 1. The molecule has 0 aliphatic heterocycles. The molecule has 0 radical (unpaired) electrons. The molecule has 0 spiro atoms. The highest BCUT2D eigenvalue weighted by molar-refractivity contribution is 6.35. The molecule has 2 aromatic heterocycles. The molecule has 1 aromatic carbocycles. The summed E-state index contributed by atoms with van der Waals surface area (Å²) in [6, 6.07) is 8.97. The molecule has 0 saturated carbocycles. The number of hydrogen-bond acceptors (Lipinski definition) is 5. The van der Waals surface area contributed by atoms with Gasteiger partial charge in [0.1, 0.15) is 0 Å². The fourth-order valence-electron chi connectivity index (χ4n) is 2.42. The van der Waals surface area contributed by atoms with E-state index in [0.717, 1.165) is 17.7 Å². The van der Waals surface area contributed by atoms with E-state index in [1.54, 1.807) is 37.6 Å². The maximum absolute atomic E-state index is 6.38. The molecule has 0 saturated heterocycles. The molecule has 0 bridgehead atoms. The standard InChI is InChI=1S/C18H19Cl2N5O/c1-24(2)8-9-25-18(14-10-13(19)5-6-15(14)20)22-17(23-25)12-4-7-16(26-3)21-11-12/h4-7,10-11H,8-9H2,1-3H3. The van der Waals surface area contributed by atoms with Crippen LogP contribution >= 0.6 is 23.2 Å². The molecule has 136 valence electrons. The Labute approximate surface area is 162 Å². The summed E-state index contributed by atoms with van der Waals surface area (Å²) < 4.78 is 6.95. The van der Waals surface area contributed by atoms with E-state index in [1.807, 2.05) is 24.8 Å². The fraction of sp³-hybridized carbons (Fsp3) is 0.278. The Morgan fingerprint density at radius 3 is 2.62 bits per heavy atom. The fourth-order valence-corrected chi connectivity index (χ4v) is 2.79. The second-order valence-electron chi connectivity index (χ2n) is 6.00. The first kappa shape index (κ1) is 18.6. The smallest absolute Gasteiger partial charge is 0.212 e. The number of halogens is 2. The third-order valence-electron chi connectivity index (χ3n) is 3.80. The van der Waals surface area contributed by atoms with Gasteiger partial charge in [-0.25, -0.2) is 14.6 Å². The van der Waals surface area contributed by atoms with Crippen LogP contribution in [0.25, 0.3) is 22.8 Å². The SMILES string of the molecule is COc1ccc(-c2nc(-c3cc(Cl)ccc3Cl)n(CCN(C)C)n2)cn1. The maximum atomic E-state index is 6.38. The second kappa shape index (κ2) is 8.03. The summed E-state index contributed by atoms with van der Waals surface area (Å²) in [7, 11) is 5.60. The van der Waals surface area contributed by atoms with Gasteiger partial charge in [0.25, 0.3) is 0 Å². The van der Waals surface area contributed by atoms with Gasteiger partial charge in [-0.3, -0.25) is 0 Å². The maximum Gasteiger partial charge on any atom is 0.212 e. The third kappa shape index (κ3) is 4.15. The van der Waals surface area contributed by atoms with Crippen molar-refractivity contribution >= 4 is 23.2 Å². The van der Waals surface area contributed by atoms with Crippen molar-refractivity contribution in [2.45, 2.75) is 6.54 Å². The van der Waals surface area contributed by atoms with Crippen LogP contribution in [0.5, 0.6) is 5.88 Å². The molecular formula is C18H19Cl2N5O. The molecule has 0 unspecified atom stereocenters. The first-order valence-electron chi connectivity index (χ1n) is 8.03. The van der Waals surface area contributed by atoms with Crippen LogP contribution in [0.2, 0.25) is 10.0 Å². The number of likely N-dealkylation sites (N-methyl/N-ethyl adjacent to an activating group) is 1. The Morgan fingerprint density at radius 1 is 1.15 bits per heavy atom. The highest BCUT2D eigenvalue weighted by Crippen LogP contribution is 2.31. The monoisotopic (exact) mass is 391 g/mol. The molecule has 2 heterocycles. The Hall–Kier alpha value is -2.15. The van der Waals surface area contributed by atoms with Gasteiger partial charge in [-0.2, -0.15) is 5.10 Å². The van der Waals surface area contributed by atoms with Gasteiger partial charge in [0.2, 0.25) is 5.88 Å². The van der Waals surface area contributed by atoms with Gasteiger partial charge in [0.15, 0.2) is 11.6 Å². The topological polar surface area (TPSA) is 56.1 Å². The van der Waals surface area contributed by atoms with Gasteiger partial charge < -0.3 is 9.64 Å². The van der Waals surface area contributed by atoms with Crippen molar-refractivity contribution in [3.8, 4) is 28.7 Å². The normalized spacial score (nSPS) is 11.2. The summed E-state index contributed by atoms with van der Waals surface area (Å²) in [5.41, 5.74) is 1.55. The zero-order valence-corrected chi connectivity index (χ0v) is 16.3. The highest BCUT2D eigenvalue weighted by atomic mass is 35.5. The van der Waals surface area contributed by atoms with Crippen molar-refractivity contribution in [2.75, 3.05) is 27.7 Å². The average molecular weight is 392 g/mol. The first-order valence-corrected chi connectivity index (χ1v) is 8.79. The molecule has 0 atom stereocenters. The predicted octanol–water partition coefficient (Wildman–Crippen LogP) is 3.88. The van der Waals surface area contributed by atoms with Crippen LogP contribution in [0.3, 0.4) is 0 Å². The molecular weight excluding hydrogens is 373 g/mol. The summed E-state index contributed by atoms with van der Waals surface area (Å²) in [6.45, 7) is 1.48. The lowest BCUT2D eigenvalue weighted by Crippen LogP contribution is -2.19. The lowest BCUT2D eigenvalue weighted by Gasteiger charge is -2.11. The van der Waals surface area contributed by atoms with E-state index in [2.05, 4.69) is 15.0 Å². The lowest BCUT2D eigenvalue weighted by molar-refractivity contribution is 0.374. The van der Waals surface area contributed by atoms with Gasteiger partial charge in [-0.1, -0.05) is 23.2 Å². The quantitative estimate of drug-likeness (QED) is 0.637. The van der Waals surface area contributed by atoms with Gasteiger partial charge in [-0.15, -0.1) is 0 Å². The molecule has 0 aliphatic carbocycles. The number of benzene rings is 1. The highest BCUT2D eigenvalue weighted by Gasteiger charge is 2.17. The summed E-state index contributed by atoms with van der Waals surface area (Å²) in [4.78, 5) is 11.0. The minimum absolute atomic E-state index is 0.541. The van der Waals surface area contributed by atoms with E-state index in [1.165, 1.54) is 0 Å². The van der Waals surface area contributed by atoms with Crippen molar-refractivity contribution in [1.29, 1.82) is 0 Å². The number of nitrogens with zero attached hydrogens (tertiary/aromatic N) is 5. The number of pyridine rings is 1. The minimum Gasteiger partial charge on any atom is -0.481 e. The van der Waals surface area contributed by atoms with Crippen molar-refractivity contribution in [3.05, 3.63) is 46.6 Å². The molecule has 0 amide bonds. The van der Waals surface area contributed by atoms with Crippen molar-refractivity contribution in [2.24, 2.45) is 0 Å². The van der Waals surface area contributed by atoms with Crippen LogP contribution < -0.4 is 4.74 Å². The first-order chi connectivity index (χ1) is 12.5. The largest absolute Gasteiger partial charge is 0.481 e. The second-order valence-corrected chi connectivity index (χ2v) is 6.84. The van der Waals surface area contributed by atoms with E-state index in [9.17, 15) is 0 Å². The molecule has 3 aromatic rings. The van der Waals surface area contributed by atoms with E-state index in [-0.39, 0.29) is 0 Å². The molecule has 0 N–H and O–H groups in total. The van der Waals surface area contributed by atoms with Crippen LogP contribution in [0.1, 0.15) is 0 Å². The van der Waals surface area contributed by atoms with Crippen molar-refractivity contribution < 1.29 is 4.74 Å². The Balaban J connectivity index is 2.06. The number of aromatic nitrogens is 4. The van der Waals surface area contributed by atoms with E-state index in [4.69, 9.17) is 32.9 Å². The van der Waals surface area contributed by atoms with Crippen LogP contribution in [0, 0.1) is 0 Å². The lowest BCUT2D eigenvalue weighted by atomic mass is 10.2. The van der Waals surface area contributed by atoms with Gasteiger partial charge in [0, 0.05) is 35.0 Å². The van der Waals surface area contributed by atoms with Crippen LogP contribution in [0.15, 0.2) is 36.5 Å². The molecule has 26 heavy (non-hydrogen) atoms. The van der Waals surface area contributed by atoms with Gasteiger partial charge >= 0.3 is 0 Å². The Bertz CT molecular complexity index is 893. The summed E-state index contributed by atoms with van der Waals surface area (Å²) in [5, 5.41) is 5.82. The molecule has 6 nitrogen and oxygen atoms in total. The Morgan fingerprint density at radius 2 is 1.96 bits per heavy atom. The number of rotatable bonds is 6. The summed E-state index contributed by atoms with van der Waals surface area (Å²) in [6.07, 6.45) is 1.69. The van der Waals surface area contributed by atoms with Crippen molar-refractivity contribution in [3.63, 3.8) is 0 Å². The molecule has 0 fully saturated rings. The average Bonchev–Trinajstić information content (AvgIpc) is 3.06. The molecule has 0 aliphatic rings.